The number of amides is 3. The molecule has 0 bridgehead atoms. The van der Waals surface area contributed by atoms with Crippen molar-refractivity contribution in [1.29, 1.82) is 0 Å². The van der Waals surface area contributed by atoms with Crippen molar-refractivity contribution in [3.8, 4) is 22.8 Å². The Bertz CT molecular complexity index is 1400. The molecule has 196 valence electrons. The lowest BCUT2D eigenvalue weighted by atomic mass is 9.95. The van der Waals surface area contributed by atoms with Gasteiger partial charge in [0.15, 0.2) is 18.1 Å². The van der Waals surface area contributed by atoms with Crippen molar-refractivity contribution in [2.45, 2.75) is 13.0 Å². The van der Waals surface area contributed by atoms with Crippen LogP contribution in [0.2, 0.25) is 0 Å². The van der Waals surface area contributed by atoms with E-state index in [2.05, 4.69) is 21.2 Å². The quantitative estimate of drug-likeness (QED) is 0.224. The summed E-state index contributed by atoms with van der Waals surface area (Å²) >= 11 is 0. The van der Waals surface area contributed by atoms with Crippen molar-refractivity contribution in [1.82, 2.24) is 16.1 Å². The minimum atomic E-state index is -0.763. The summed E-state index contributed by atoms with van der Waals surface area (Å²) in [7, 11) is 2.70. The van der Waals surface area contributed by atoms with Crippen LogP contribution in [0.15, 0.2) is 81.5 Å². The van der Waals surface area contributed by atoms with Crippen LogP contribution in [0.5, 0.6) is 11.5 Å². The maximum atomic E-state index is 12.3. The number of methoxy groups -OCH3 is 2. The third-order valence-corrected chi connectivity index (χ3v) is 5.62. The van der Waals surface area contributed by atoms with Crippen molar-refractivity contribution in [3.05, 3.63) is 83.3 Å². The second-order valence-corrected chi connectivity index (χ2v) is 8.12. The van der Waals surface area contributed by atoms with Gasteiger partial charge in [0.1, 0.15) is 11.5 Å². The van der Waals surface area contributed by atoms with Crippen LogP contribution < -0.4 is 25.5 Å². The van der Waals surface area contributed by atoms with Gasteiger partial charge in [-0.05, 0) is 36.8 Å². The highest BCUT2D eigenvalue weighted by Crippen LogP contribution is 2.34. The summed E-state index contributed by atoms with van der Waals surface area (Å²) < 4.78 is 21.6. The fraction of sp³-hybridized carbons (Fsp3) is 0.185. The van der Waals surface area contributed by atoms with Gasteiger partial charge in [-0.1, -0.05) is 36.4 Å². The number of esters is 1. The molecule has 0 radical (unpaired) electrons. The van der Waals surface area contributed by atoms with Crippen LogP contribution in [0.3, 0.4) is 0 Å². The highest BCUT2D eigenvalue weighted by molar-refractivity contribution is 5.95. The van der Waals surface area contributed by atoms with Crippen molar-refractivity contribution in [2.24, 2.45) is 5.10 Å². The second kappa shape index (κ2) is 11.8. The molecular weight excluding hydrogens is 492 g/mol. The van der Waals surface area contributed by atoms with Gasteiger partial charge in [-0.3, -0.25) is 4.79 Å². The number of urea groups is 1. The minimum absolute atomic E-state index is 0.257. The molecule has 38 heavy (non-hydrogen) atoms. The molecule has 1 aliphatic heterocycles. The lowest BCUT2D eigenvalue weighted by molar-refractivity contribution is -0.136. The van der Waals surface area contributed by atoms with E-state index < -0.39 is 23.9 Å². The summed E-state index contributed by atoms with van der Waals surface area (Å²) in [6, 6.07) is 16.8. The largest absolute Gasteiger partial charge is 0.493 e. The molecule has 11 nitrogen and oxygen atoms in total. The normalized spacial score (nSPS) is 15.0. The summed E-state index contributed by atoms with van der Waals surface area (Å²) in [5.41, 5.74) is 4.51. The van der Waals surface area contributed by atoms with Gasteiger partial charge in [0, 0.05) is 11.3 Å². The van der Waals surface area contributed by atoms with E-state index in [1.165, 1.54) is 20.4 Å². The van der Waals surface area contributed by atoms with Gasteiger partial charge in [-0.15, -0.1) is 0 Å². The molecule has 11 heteroatoms. The van der Waals surface area contributed by atoms with Gasteiger partial charge < -0.3 is 29.3 Å². The molecule has 3 N–H and O–H groups in total. The number of hydrogen-bond donors (Lipinski definition) is 3. The maximum Gasteiger partial charge on any atom is 0.337 e. The average Bonchev–Trinajstić information content (AvgIpc) is 3.40. The Morgan fingerprint density at radius 3 is 2.61 bits per heavy atom. The molecule has 3 amide bonds. The number of carbonyl (C=O) groups is 3. The van der Waals surface area contributed by atoms with E-state index in [9.17, 15) is 14.4 Å². The molecule has 1 aromatic heterocycles. The van der Waals surface area contributed by atoms with E-state index in [1.54, 1.807) is 31.2 Å². The van der Waals surface area contributed by atoms with E-state index in [0.29, 0.717) is 28.5 Å². The Morgan fingerprint density at radius 2 is 1.87 bits per heavy atom. The third kappa shape index (κ3) is 6.01. The zero-order valence-electron chi connectivity index (χ0n) is 20.9. The lowest BCUT2D eigenvalue weighted by Crippen LogP contribution is -2.45. The molecule has 2 aromatic carbocycles. The molecule has 0 fully saturated rings. The number of carbonyl (C=O) groups excluding carboxylic acids is 3. The van der Waals surface area contributed by atoms with Gasteiger partial charge in [0.2, 0.25) is 0 Å². The number of rotatable bonds is 9. The Labute approximate surface area is 218 Å². The van der Waals surface area contributed by atoms with Gasteiger partial charge >= 0.3 is 12.0 Å². The van der Waals surface area contributed by atoms with Gasteiger partial charge in [-0.25, -0.2) is 15.0 Å². The molecule has 0 saturated carbocycles. The van der Waals surface area contributed by atoms with E-state index in [4.69, 9.17) is 18.6 Å². The van der Waals surface area contributed by atoms with Crippen molar-refractivity contribution in [2.75, 3.05) is 20.8 Å². The van der Waals surface area contributed by atoms with Crippen LogP contribution in [0.25, 0.3) is 11.3 Å². The zero-order chi connectivity index (χ0) is 27.1. The summed E-state index contributed by atoms with van der Waals surface area (Å²) in [6.07, 6.45) is 1.39. The van der Waals surface area contributed by atoms with Crippen LogP contribution in [-0.2, 0) is 14.3 Å². The van der Waals surface area contributed by atoms with Crippen molar-refractivity contribution in [3.63, 3.8) is 0 Å². The Morgan fingerprint density at radius 1 is 1.08 bits per heavy atom. The van der Waals surface area contributed by atoms with E-state index in [0.717, 1.165) is 5.56 Å². The first kappa shape index (κ1) is 26.0. The van der Waals surface area contributed by atoms with Crippen LogP contribution in [-0.4, -0.2) is 44.9 Å². The number of furan rings is 1. The van der Waals surface area contributed by atoms with Crippen LogP contribution in [0.4, 0.5) is 4.79 Å². The van der Waals surface area contributed by atoms with Crippen LogP contribution in [0, 0.1) is 0 Å². The van der Waals surface area contributed by atoms with E-state index in [1.807, 2.05) is 36.4 Å². The summed E-state index contributed by atoms with van der Waals surface area (Å²) in [4.78, 5) is 36.6. The van der Waals surface area contributed by atoms with Gasteiger partial charge in [0.05, 0.1) is 32.0 Å². The molecule has 0 unspecified atom stereocenters. The van der Waals surface area contributed by atoms with Crippen molar-refractivity contribution < 1.29 is 33.0 Å². The number of nitrogens with zero attached hydrogens (tertiary/aromatic N) is 1. The highest BCUT2D eigenvalue weighted by atomic mass is 16.5. The zero-order valence-corrected chi connectivity index (χ0v) is 20.9. The number of allylic oxidation sites excluding steroid dienone is 1. The summed E-state index contributed by atoms with van der Waals surface area (Å²) in [6.45, 7) is 1.28. The molecule has 4 rings (SSSR count). The molecule has 3 aromatic rings. The van der Waals surface area contributed by atoms with Gasteiger partial charge in [0.25, 0.3) is 5.91 Å². The summed E-state index contributed by atoms with van der Waals surface area (Å²) in [5, 5.41) is 9.17. The molecule has 1 aliphatic rings. The van der Waals surface area contributed by atoms with Gasteiger partial charge in [-0.2, -0.15) is 5.10 Å². The monoisotopic (exact) mass is 518 g/mol. The highest BCUT2D eigenvalue weighted by Gasteiger charge is 2.32. The molecule has 1 atom stereocenters. The van der Waals surface area contributed by atoms with Crippen LogP contribution >= 0.6 is 0 Å². The first-order valence-corrected chi connectivity index (χ1v) is 11.5. The van der Waals surface area contributed by atoms with Crippen LogP contribution in [0.1, 0.15) is 24.3 Å². The Kier molecular flexibility index (Phi) is 8.07. The summed E-state index contributed by atoms with van der Waals surface area (Å²) in [5.74, 6) is 0.669. The standard InChI is InChI=1S/C27H26N4O7/c1-16-24(26(33)36-3)25(30-27(34)29-16)18-9-11-21(22(13-18)35-2)37-15-23(32)31-28-14-19-10-12-20(38-19)17-7-5-4-6-8-17/h4-14,25H,15H2,1-3H3,(H,31,32)(H2,29,30,34)/b28-14-/t25-/m0/s1. The number of benzene rings is 2. The number of nitrogens with one attached hydrogen (secondary N) is 3. The fourth-order valence-corrected chi connectivity index (χ4v) is 3.83. The molecule has 2 heterocycles. The fourth-order valence-electron chi connectivity index (χ4n) is 3.83. The SMILES string of the molecule is COC(=O)C1=C(C)NC(=O)N[C@H]1c1ccc(OCC(=O)N/N=C\c2ccc(-c3ccccc3)o2)c(OC)c1. The predicted octanol–water partition coefficient (Wildman–Crippen LogP) is 3.29. The predicted molar refractivity (Wildman–Crippen MR) is 137 cm³/mol. The smallest absolute Gasteiger partial charge is 0.337 e. The Balaban J connectivity index is 1.38. The van der Waals surface area contributed by atoms with E-state index in [-0.39, 0.29) is 17.9 Å². The Hall–Kier alpha value is -5.06. The number of ether oxygens (including phenoxy) is 3. The maximum absolute atomic E-state index is 12.3. The number of hydrogen-bond acceptors (Lipinski definition) is 8. The molecular formula is C27H26N4O7. The molecule has 0 saturated heterocycles. The second-order valence-electron chi connectivity index (χ2n) is 8.12. The van der Waals surface area contributed by atoms with Crippen molar-refractivity contribution >= 4 is 24.1 Å². The first-order valence-electron chi connectivity index (χ1n) is 11.5. The molecule has 0 spiro atoms. The topological polar surface area (TPSA) is 140 Å². The average molecular weight is 519 g/mol. The minimum Gasteiger partial charge on any atom is -0.493 e. The lowest BCUT2D eigenvalue weighted by Gasteiger charge is -2.28. The third-order valence-electron chi connectivity index (χ3n) is 5.62. The number of hydrazone groups is 1. The first-order chi connectivity index (χ1) is 18.4. The van der Waals surface area contributed by atoms with E-state index >= 15 is 0 Å². The molecule has 0 aliphatic carbocycles.